The lowest BCUT2D eigenvalue weighted by atomic mass is 10.0. The van der Waals surface area contributed by atoms with Gasteiger partial charge in [0.2, 0.25) is 0 Å². The van der Waals surface area contributed by atoms with Crippen LogP contribution in [0.5, 0.6) is 0 Å². The molecule has 240 valence electrons. The molecule has 0 aliphatic heterocycles. The predicted octanol–water partition coefficient (Wildman–Crippen LogP) is 13.8. The normalized spacial score (nSPS) is 11.5. The van der Waals surface area contributed by atoms with Crippen LogP contribution in [0.3, 0.4) is 0 Å². The molecule has 3 nitrogen and oxygen atoms in total. The van der Waals surface area contributed by atoms with Crippen LogP contribution in [0.15, 0.2) is 186 Å². The third kappa shape index (κ3) is 5.34. The summed E-state index contributed by atoms with van der Waals surface area (Å²) in [5, 5.41) is 5.70. The van der Waals surface area contributed by atoms with E-state index in [1.807, 2.05) is 6.07 Å². The maximum absolute atomic E-state index is 6.57. The fourth-order valence-corrected chi connectivity index (χ4v) is 8.07. The van der Waals surface area contributed by atoms with Gasteiger partial charge in [-0.05, 0) is 81.6 Å². The van der Waals surface area contributed by atoms with Crippen molar-refractivity contribution in [3.05, 3.63) is 182 Å². The molecule has 0 aliphatic rings. The molecular weight excluding hydrogens is 641 g/mol. The Balaban J connectivity index is 1.06. The van der Waals surface area contributed by atoms with Crippen molar-refractivity contribution in [3.63, 3.8) is 0 Å². The highest BCUT2D eigenvalue weighted by atomic mass is 32.1. The van der Waals surface area contributed by atoms with Gasteiger partial charge in [-0.15, -0.1) is 11.3 Å². The van der Waals surface area contributed by atoms with Gasteiger partial charge in [-0.25, -0.2) is 4.98 Å². The Kier molecular flexibility index (Phi) is 7.00. The quantitative estimate of drug-likeness (QED) is 0.176. The van der Waals surface area contributed by atoms with Crippen molar-refractivity contribution in [1.29, 1.82) is 0 Å². The van der Waals surface area contributed by atoms with Crippen molar-refractivity contribution in [2.75, 3.05) is 4.90 Å². The Morgan fingerprint density at radius 2 is 0.980 bits per heavy atom. The lowest BCUT2D eigenvalue weighted by Crippen LogP contribution is -2.09. The van der Waals surface area contributed by atoms with Gasteiger partial charge >= 0.3 is 0 Å². The molecule has 10 rings (SSSR count). The molecule has 0 atom stereocenters. The van der Waals surface area contributed by atoms with Gasteiger partial charge in [-0.3, -0.25) is 0 Å². The minimum absolute atomic E-state index is 0.845. The molecule has 0 saturated carbocycles. The molecule has 0 N–H and O–H groups in total. The van der Waals surface area contributed by atoms with E-state index >= 15 is 0 Å². The lowest BCUT2D eigenvalue weighted by molar-refractivity contribution is 0.669. The molecule has 4 heteroatoms. The van der Waals surface area contributed by atoms with Gasteiger partial charge in [-0.1, -0.05) is 121 Å². The molecule has 0 amide bonds. The number of rotatable bonds is 6. The summed E-state index contributed by atoms with van der Waals surface area (Å²) < 4.78 is 7.72. The Bertz CT molecular complexity index is 2840. The van der Waals surface area contributed by atoms with E-state index in [1.54, 1.807) is 11.3 Å². The average molecular weight is 671 g/mol. The van der Waals surface area contributed by atoms with Crippen molar-refractivity contribution in [3.8, 4) is 32.8 Å². The topological polar surface area (TPSA) is 29.3 Å². The smallest absolute Gasteiger partial charge is 0.137 e. The van der Waals surface area contributed by atoms with E-state index in [0.29, 0.717) is 0 Å². The van der Waals surface area contributed by atoms with Crippen LogP contribution in [0.2, 0.25) is 0 Å². The molecule has 0 radical (unpaired) electrons. The third-order valence-corrected chi connectivity index (χ3v) is 10.8. The molecule has 0 bridgehead atoms. The molecule has 51 heavy (non-hydrogen) atoms. The van der Waals surface area contributed by atoms with Crippen molar-refractivity contribution in [2.24, 2.45) is 0 Å². The minimum Gasteiger partial charge on any atom is -0.456 e. The van der Waals surface area contributed by atoms with E-state index in [2.05, 4.69) is 181 Å². The number of furan rings is 1. The molecule has 0 saturated heterocycles. The van der Waals surface area contributed by atoms with Gasteiger partial charge in [0.25, 0.3) is 0 Å². The Labute approximate surface area is 299 Å². The van der Waals surface area contributed by atoms with E-state index in [9.17, 15) is 0 Å². The molecule has 2 heterocycles. The van der Waals surface area contributed by atoms with E-state index < -0.39 is 0 Å². The zero-order valence-corrected chi connectivity index (χ0v) is 28.3. The number of fused-ring (bicyclic) bond motifs is 5. The van der Waals surface area contributed by atoms with Gasteiger partial charge in [-0.2, -0.15) is 0 Å². The molecule has 0 unspecified atom stereocenters. The molecular formula is C47H30N2OS. The number of thiazole rings is 1. The highest BCUT2D eigenvalue weighted by Gasteiger charge is 2.17. The Morgan fingerprint density at radius 1 is 0.412 bits per heavy atom. The number of aromatic nitrogens is 1. The fourth-order valence-electron chi connectivity index (χ4n) is 7.08. The molecule has 2 aromatic heterocycles. The van der Waals surface area contributed by atoms with E-state index in [-0.39, 0.29) is 0 Å². The predicted molar refractivity (Wildman–Crippen MR) is 215 cm³/mol. The first-order valence-electron chi connectivity index (χ1n) is 17.1. The zero-order chi connectivity index (χ0) is 33.7. The van der Waals surface area contributed by atoms with E-state index in [4.69, 9.17) is 9.40 Å². The zero-order valence-electron chi connectivity index (χ0n) is 27.5. The van der Waals surface area contributed by atoms with Crippen LogP contribution >= 0.6 is 11.3 Å². The minimum atomic E-state index is 0.845. The fraction of sp³-hybridized carbons (Fsp3) is 0. The number of hydrogen-bond donors (Lipinski definition) is 0. The summed E-state index contributed by atoms with van der Waals surface area (Å²) in [6.45, 7) is 0. The maximum atomic E-state index is 6.57. The van der Waals surface area contributed by atoms with Crippen LogP contribution in [0.25, 0.3) is 75.8 Å². The van der Waals surface area contributed by atoms with Crippen molar-refractivity contribution in [2.45, 2.75) is 0 Å². The molecule has 8 aromatic carbocycles. The SMILES string of the molecule is c1ccc(-c2ccc(N(c3ccc(-c4ccc5ccccc5c4)cc3)c3ccc4c(c3)oc3cc5nc(-c6ccccc6)sc5cc34)cc2)cc1. The summed E-state index contributed by atoms with van der Waals surface area (Å²) in [4.78, 5) is 7.25. The Morgan fingerprint density at radius 3 is 1.71 bits per heavy atom. The first kappa shape index (κ1) is 29.4. The third-order valence-electron chi connectivity index (χ3n) is 9.68. The van der Waals surface area contributed by atoms with Crippen molar-refractivity contribution in [1.82, 2.24) is 4.98 Å². The second kappa shape index (κ2) is 12.1. The first-order valence-corrected chi connectivity index (χ1v) is 17.9. The molecule has 0 fully saturated rings. The summed E-state index contributed by atoms with van der Waals surface area (Å²) in [6, 6.07) is 64.6. The second-order valence-corrected chi connectivity index (χ2v) is 13.9. The molecule has 0 spiro atoms. The summed E-state index contributed by atoms with van der Waals surface area (Å²) in [7, 11) is 0. The molecule has 0 aliphatic carbocycles. The summed E-state index contributed by atoms with van der Waals surface area (Å²) in [6.07, 6.45) is 0. The van der Waals surface area contributed by atoms with Crippen LogP contribution < -0.4 is 4.90 Å². The van der Waals surface area contributed by atoms with Crippen molar-refractivity contribution >= 4 is 71.3 Å². The average Bonchev–Trinajstić information content (AvgIpc) is 3.78. The van der Waals surface area contributed by atoms with Gasteiger partial charge in [0.1, 0.15) is 16.2 Å². The largest absolute Gasteiger partial charge is 0.456 e. The summed E-state index contributed by atoms with van der Waals surface area (Å²) >= 11 is 1.72. The summed E-state index contributed by atoms with van der Waals surface area (Å²) in [5.74, 6) is 0. The number of benzene rings is 8. The first-order chi connectivity index (χ1) is 25.2. The standard InChI is InChI=1S/C47H30N2OS/c1-3-9-31(10-4-1)33-17-21-38(22-18-33)49(39-23-19-34(20-24-39)37-16-15-32-11-7-8-14-36(32)27-37)40-25-26-41-42-29-46-43(30-45(42)50-44(41)28-40)48-47(51-46)35-12-5-2-6-13-35/h1-30H. The number of anilines is 3. The van der Waals surface area contributed by atoms with Crippen molar-refractivity contribution < 1.29 is 4.42 Å². The van der Waals surface area contributed by atoms with Gasteiger partial charge in [0.15, 0.2) is 0 Å². The molecule has 10 aromatic rings. The monoisotopic (exact) mass is 670 g/mol. The van der Waals surface area contributed by atoms with E-state index in [0.717, 1.165) is 59.8 Å². The second-order valence-electron chi connectivity index (χ2n) is 12.8. The van der Waals surface area contributed by atoms with Crippen LogP contribution in [0.1, 0.15) is 0 Å². The van der Waals surface area contributed by atoms with E-state index in [1.165, 1.54) is 33.0 Å². The van der Waals surface area contributed by atoms with Crippen LogP contribution in [0.4, 0.5) is 17.1 Å². The van der Waals surface area contributed by atoms with Crippen LogP contribution in [-0.4, -0.2) is 4.98 Å². The van der Waals surface area contributed by atoms with Crippen LogP contribution in [0, 0.1) is 0 Å². The maximum Gasteiger partial charge on any atom is 0.137 e. The lowest BCUT2D eigenvalue weighted by Gasteiger charge is -2.26. The highest BCUT2D eigenvalue weighted by Crippen LogP contribution is 2.41. The van der Waals surface area contributed by atoms with Gasteiger partial charge in [0.05, 0.1) is 10.2 Å². The summed E-state index contributed by atoms with van der Waals surface area (Å²) in [5.41, 5.74) is 11.7. The highest BCUT2D eigenvalue weighted by molar-refractivity contribution is 7.21. The number of hydrogen-bond acceptors (Lipinski definition) is 4. The van der Waals surface area contributed by atoms with Gasteiger partial charge in [0, 0.05) is 45.5 Å². The number of nitrogens with zero attached hydrogens (tertiary/aromatic N) is 2. The van der Waals surface area contributed by atoms with Crippen LogP contribution in [-0.2, 0) is 0 Å². The Hall–Kier alpha value is -6.49. The van der Waals surface area contributed by atoms with Gasteiger partial charge < -0.3 is 9.32 Å².